The molecular weight excluding hydrogens is 417 g/mol. The lowest BCUT2D eigenvalue weighted by Crippen LogP contribution is -2.31. The van der Waals surface area contributed by atoms with Gasteiger partial charge in [0.2, 0.25) is 0 Å². The van der Waals surface area contributed by atoms with Gasteiger partial charge in [-0.15, -0.1) is 0 Å². The van der Waals surface area contributed by atoms with E-state index in [4.69, 9.17) is 28.2 Å². The Bertz CT molecular complexity index is 1300. The Labute approximate surface area is 184 Å². The van der Waals surface area contributed by atoms with Gasteiger partial charge >= 0.3 is 0 Å². The summed E-state index contributed by atoms with van der Waals surface area (Å²) in [5.74, 6) is 0.755. The van der Waals surface area contributed by atoms with Gasteiger partial charge in [0.05, 0.1) is 27.0 Å². The van der Waals surface area contributed by atoms with Gasteiger partial charge in [0.25, 0.3) is 5.56 Å². The van der Waals surface area contributed by atoms with E-state index in [1.807, 2.05) is 54.6 Å². The highest BCUT2D eigenvalue weighted by atomic mass is 35.5. The van der Waals surface area contributed by atoms with E-state index in [0.717, 1.165) is 16.9 Å². The second-order valence-electron chi connectivity index (χ2n) is 7.54. The number of rotatable bonds is 3. The van der Waals surface area contributed by atoms with Crippen molar-refractivity contribution in [2.24, 2.45) is 0 Å². The minimum atomic E-state index is -0.324. The van der Waals surface area contributed by atoms with Crippen LogP contribution in [0.3, 0.4) is 0 Å². The summed E-state index contributed by atoms with van der Waals surface area (Å²) < 4.78 is 1.80. The third-order valence-electron chi connectivity index (χ3n) is 5.71. The number of benzene rings is 3. The number of hydrogen-bond donors (Lipinski definition) is 0. The molecule has 0 bridgehead atoms. The SMILES string of the molecule is CC1c2nc3ccccc3c(=O)n2C(c2ccc(Cl)c(Cl)c2)N1Cc1ccccc1. The molecule has 3 aromatic carbocycles. The van der Waals surface area contributed by atoms with Crippen molar-refractivity contribution in [1.82, 2.24) is 14.5 Å². The Hall–Kier alpha value is -2.66. The average molecular weight is 436 g/mol. The molecule has 6 heteroatoms. The van der Waals surface area contributed by atoms with Crippen molar-refractivity contribution < 1.29 is 0 Å². The number of nitrogens with zero attached hydrogens (tertiary/aromatic N) is 3. The minimum Gasteiger partial charge on any atom is -0.274 e. The van der Waals surface area contributed by atoms with Crippen LogP contribution in [0.25, 0.3) is 10.9 Å². The van der Waals surface area contributed by atoms with Crippen LogP contribution < -0.4 is 5.56 Å². The summed E-state index contributed by atoms with van der Waals surface area (Å²) in [4.78, 5) is 20.7. The normalized spacial score (nSPS) is 18.6. The van der Waals surface area contributed by atoms with E-state index in [1.54, 1.807) is 10.6 Å². The summed E-state index contributed by atoms with van der Waals surface area (Å²) in [7, 11) is 0. The predicted molar refractivity (Wildman–Crippen MR) is 121 cm³/mol. The van der Waals surface area contributed by atoms with Crippen molar-refractivity contribution in [2.75, 3.05) is 0 Å². The number of hydrogen-bond acceptors (Lipinski definition) is 3. The largest absolute Gasteiger partial charge is 0.274 e. The smallest absolute Gasteiger partial charge is 0.263 e. The third kappa shape index (κ3) is 3.12. The fourth-order valence-electron chi connectivity index (χ4n) is 4.23. The number of para-hydroxylation sites is 1. The molecule has 0 aliphatic carbocycles. The highest BCUT2D eigenvalue weighted by Crippen LogP contribution is 2.41. The van der Waals surface area contributed by atoms with Gasteiger partial charge in [0.1, 0.15) is 12.0 Å². The molecule has 2 unspecified atom stereocenters. The summed E-state index contributed by atoms with van der Waals surface area (Å²) in [6.45, 7) is 2.76. The van der Waals surface area contributed by atoms with E-state index < -0.39 is 0 Å². The van der Waals surface area contributed by atoms with Gasteiger partial charge in [-0.2, -0.15) is 0 Å². The summed E-state index contributed by atoms with van der Waals surface area (Å²) in [5, 5.41) is 1.57. The lowest BCUT2D eigenvalue weighted by molar-refractivity contribution is 0.159. The predicted octanol–water partition coefficient (Wildman–Crippen LogP) is 5.83. The standard InChI is InChI=1S/C24H19Cl2N3O/c1-15-22-27-21-10-6-5-9-18(21)24(30)29(22)23(17-11-12-19(25)20(26)13-17)28(15)14-16-7-3-2-4-8-16/h2-13,15,23H,14H2,1H3. The van der Waals surface area contributed by atoms with Crippen molar-refractivity contribution in [2.45, 2.75) is 25.7 Å². The second-order valence-corrected chi connectivity index (χ2v) is 8.36. The van der Waals surface area contributed by atoms with Crippen molar-refractivity contribution in [3.63, 3.8) is 0 Å². The summed E-state index contributed by atoms with van der Waals surface area (Å²) >= 11 is 12.5. The summed E-state index contributed by atoms with van der Waals surface area (Å²) in [5.41, 5.74) is 2.74. The van der Waals surface area contributed by atoms with Crippen LogP contribution >= 0.6 is 23.2 Å². The highest BCUT2D eigenvalue weighted by Gasteiger charge is 2.39. The first-order valence-corrected chi connectivity index (χ1v) is 10.6. The maximum absolute atomic E-state index is 13.5. The first-order valence-electron chi connectivity index (χ1n) is 9.80. The molecule has 1 aliphatic rings. The van der Waals surface area contributed by atoms with Gasteiger partial charge in [-0.05, 0) is 42.3 Å². The molecule has 0 radical (unpaired) electrons. The van der Waals surface area contributed by atoms with Crippen molar-refractivity contribution in [3.8, 4) is 0 Å². The molecule has 0 spiro atoms. The molecule has 30 heavy (non-hydrogen) atoms. The molecule has 4 nitrogen and oxygen atoms in total. The van der Waals surface area contributed by atoms with Crippen LogP contribution in [-0.4, -0.2) is 14.5 Å². The van der Waals surface area contributed by atoms with Gasteiger partial charge in [-0.25, -0.2) is 4.98 Å². The van der Waals surface area contributed by atoms with Crippen LogP contribution in [0, 0.1) is 0 Å². The maximum Gasteiger partial charge on any atom is 0.263 e. The molecule has 2 heterocycles. The third-order valence-corrected chi connectivity index (χ3v) is 6.45. The Kier molecular flexibility index (Phi) is 4.86. The van der Waals surface area contributed by atoms with Crippen molar-refractivity contribution >= 4 is 34.1 Å². The zero-order valence-electron chi connectivity index (χ0n) is 16.3. The minimum absolute atomic E-state index is 0.0471. The molecule has 0 saturated heterocycles. The Morgan fingerprint density at radius 3 is 2.43 bits per heavy atom. The van der Waals surface area contributed by atoms with Gasteiger partial charge in [-0.3, -0.25) is 14.3 Å². The van der Waals surface area contributed by atoms with E-state index in [2.05, 4.69) is 24.0 Å². The van der Waals surface area contributed by atoms with Crippen molar-refractivity contribution in [1.29, 1.82) is 0 Å². The molecule has 0 amide bonds. The summed E-state index contributed by atoms with van der Waals surface area (Å²) in [6, 6.07) is 23.2. The number of halogens is 2. The molecule has 2 atom stereocenters. The van der Waals surface area contributed by atoms with Crippen LogP contribution in [-0.2, 0) is 6.54 Å². The first-order chi connectivity index (χ1) is 14.5. The topological polar surface area (TPSA) is 38.1 Å². The Morgan fingerprint density at radius 1 is 0.933 bits per heavy atom. The van der Waals surface area contributed by atoms with E-state index >= 15 is 0 Å². The Morgan fingerprint density at radius 2 is 1.67 bits per heavy atom. The lowest BCUT2D eigenvalue weighted by Gasteiger charge is -2.28. The van der Waals surface area contributed by atoms with E-state index in [1.165, 1.54) is 5.56 Å². The second kappa shape index (κ2) is 7.55. The Balaban J connectivity index is 1.73. The zero-order chi connectivity index (χ0) is 20.8. The quantitative estimate of drug-likeness (QED) is 0.406. The van der Waals surface area contributed by atoms with E-state index in [0.29, 0.717) is 22.0 Å². The fraction of sp³-hybridized carbons (Fsp3) is 0.167. The van der Waals surface area contributed by atoms with Gasteiger partial charge in [-0.1, -0.05) is 71.7 Å². The number of aromatic nitrogens is 2. The van der Waals surface area contributed by atoms with Crippen LogP contribution in [0.5, 0.6) is 0 Å². The van der Waals surface area contributed by atoms with Gasteiger partial charge < -0.3 is 0 Å². The zero-order valence-corrected chi connectivity index (χ0v) is 17.8. The van der Waals surface area contributed by atoms with Gasteiger partial charge in [0, 0.05) is 6.54 Å². The van der Waals surface area contributed by atoms with Crippen molar-refractivity contribution in [3.05, 3.63) is 110 Å². The summed E-state index contributed by atoms with van der Waals surface area (Å²) in [6.07, 6.45) is -0.324. The molecule has 4 aromatic rings. The molecule has 0 fully saturated rings. The molecule has 1 aliphatic heterocycles. The number of fused-ring (bicyclic) bond motifs is 2. The molecule has 0 N–H and O–H groups in total. The van der Waals surface area contributed by atoms with Gasteiger partial charge in [0.15, 0.2) is 0 Å². The highest BCUT2D eigenvalue weighted by molar-refractivity contribution is 6.42. The fourth-order valence-corrected chi connectivity index (χ4v) is 4.54. The maximum atomic E-state index is 13.5. The molecular formula is C24H19Cl2N3O. The monoisotopic (exact) mass is 435 g/mol. The van der Waals surface area contributed by atoms with Crippen LogP contribution in [0.1, 0.15) is 36.1 Å². The van der Waals surface area contributed by atoms with Crippen LogP contribution in [0.2, 0.25) is 10.0 Å². The van der Waals surface area contributed by atoms with E-state index in [9.17, 15) is 4.79 Å². The first kappa shape index (κ1) is 19.3. The molecule has 1 aromatic heterocycles. The molecule has 150 valence electrons. The lowest BCUT2D eigenvalue weighted by atomic mass is 10.1. The average Bonchev–Trinajstić information content (AvgIpc) is 3.03. The van der Waals surface area contributed by atoms with E-state index in [-0.39, 0.29) is 17.8 Å². The van der Waals surface area contributed by atoms with Crippen LogP contribution in [0.4, 0.5) is 0 Å². The molecule has 0 saturated carbocycles. The van der Waals surface area contributed by atoms with Crippen LogP contribution in [0.15, 0.2) is 77.6 Å². The molecule has 5 rings (SSSR count).